The van der Waals surface area contributed by atoms with Crippen molar-refractivity contribution in [3.63, 3.8) is 0 Å². The molecule has 0 radical (unpaired) electrons. The summed E-state index contributed by atoms with van der Waals surface area (Å²) in [6, 6.07) is 8.19. The molecule has 94 valence electrons. The molecule has 18 heavy (non-hydrogen) atoms. The zero-order chi connectivity index (χ0) is 13.0. The minimum Gasteiger partial charge on any atom is -0.467 e. The van der Waals surface area contributed by atoms with Gasteiger partial charge in [-0.2, -0.15) is 15.0 Å². The molecule has 0 fully saturated rings. The number of nitrogens with one attached hydrogen (secondary N) is 1. The fourth-order valence-corrected chi connectivity index (χ4v) is 1.63. The van der Waals surface area contributed by atoms with Crippen LogP contribution in [0, 0.1) is 0 Å². The van der Waals surface area contributed by atoms with Gasteiger partial charge in [0.05, 0.1) is 7.11 Å². The molecule has 0 unspecified atom stereocenters. The van der Waals surface area contributed by atoms with Gasteiger partial charge in [0.25, 0.3) is 0 Å². The van der Waals surface area contributed by atoms with E-state index in [1.165, 1.54) is 12.7 Å². The van der Waals surface area contributed by atoms with Crippen molar-refractivity contribution in [3.8, 4) is 6.01 Å². The van der Waals surface area contributed by atoms with E-state index in [1.54, 1.807) is 0 Å². The summed E-state index contributed by atoms with van der Waals surface area (Å²) in [6.45, 7) is 2.10. The highest BCUT2D eigenvalue weighted by Gasteiger charge is 2.05. The maximum atomic E-state index is 5.77. The van der Waals surface area contributed by atoms with Gasteiger partial charge in [-0.15, -0.1) is 0 Å². The van der Waals surface area contributed by atoms with Gasteiger partial charge in [-0.1, -0.05) is 19.1 Å². The third-order valence-electron chi connectivity index (χ3n) is 2.36. The summed E-state index contributed by atoms with van der Waals surface area (Å²) >= 11 is 5.77. The number of methoxy groups -OCH3 is 1. The Morgan fingerprint density at radius 2 is 2.11 bits per heavy atom. The maximum absolute atomic E-state index is 5.77. The van der Waals surface area contributed by atoms with Crippen molar-refractivity contribution >= 4 is 23.2 Å². The molecule has 1 aromatic carbocycles. The van der Waals surface area contributed by atoms with Crippen LogP contribution >= 0.6 is 11.6 Å². The van der Waals surface area contributed by atoms with Gasteiger partial charge in [0.1, 0.15) is 0 Å². The van der Waals surface area contributed by atoms with Crippen LogP contribution in [0.5, 0.6) is 6.01 Å². The van der Waals surface area contributed by atoms with Gasteiger partial charge in [0.15, 0.2) is 0 Å². The van der Waals surface area contributed by atoms with Crippen LogP contribution in [0.15, 0.2) is 24.3 Å². The zero-order valence-corrected chi connectivity index (χ0v) is 10.9. The van der Waals surface area contributed by atoms with Crippen LogP contribution in [0.1, 0.15) is 12.5 Å². The SMILES string of the molecule is CCc1cccc(Nc2nc(Cl)nc(OC)n2)c1. The molecule has 0 saturated heterocycles. The molecule has 6 heteroatoms. The molecule has 1 heterocycles. The van der Waals surface area contributed by atoms with Crippen molar-refractivity contribution in [3.05, 3.63) is 35.1 Å². The Balaban J connectivity index is 2.24. The van der Waals surface area contributed by atoms with Crippen LogP contribution in [-0.2, 0) is 6.42 Å². The van der Waals surface area contributed by atoms with E-state index in [2.05, 4.69) is 33.3 Å². The van der Waals surface area contributed by atoms with E-state index in [-0.39, 0.29) is 11.3 Å². The first-order chi connectivity index (χ1) is 8.71. The monoisotopic (exact) mass is 264 g/mol. The summed E-state index contributed by atoms with van der Waals surface area (Å²) in [6.07, 6.45) is 0.969. The molecule has 2 rings (SSSR count). The Kier molecular flexibility index (Phi) is 3.94. The quantitative estimate of drug-likeness (QED) is 0.920. The fraction of sp³-hybridized carbons (Fsp3) is 0.250. The normalized spacial score (nSPS) is 10.2. The van der Waals surface area contributed by atoms with Crippen LogP contribution in [0.25, 0.3) is 0 Å². The van der Waals surface area contributed by atoms with E-state index in [0.29, 0.717) is 5.95 Å². The van der Waals surface area contributed by atoms with Gasteiger partial charge in [0.2, 0.25) is 11.2 Å². The number of hydrogen-bond donors (Lipinski definition) is 1. The van der Waals surface area contributed by atoms with E-state index < -0.39 is 0 Å². The molecule has 1 N–H and O–H groups in total. The number of rotatable bonds is 4. The molecule has 5 nitrogen and oxygen atoms in total. The highest BCUT2D eigenvalue weighted by Crippen LogP contribution is 2.17. The molecule has 0 bridgehead atoms. The van der Waals surface area contributed by atoms with E-state index in [9.17, 15) is 0 Å². The lowest BCUT2D eigenvalue weighted by Gasteiger charge is -2.07. The van der Waals surface area contributed by atoms with Crippen LogP contribution in [0.2, 0.25) is 5.28 Å². The highest BCUT2D eigenvalue weighted by atomic mass is 35.5. The molecule has 0 aliphatic heterocycles. The van der Waals surface area contributed by atoms with Crippen molar-refractivity contribution < 1.29 is 4.74 Å². The van der Waals surface area contributed by atoms with Crippen molar-refractivity contribution in [2.45, 2.75) is 13.3 Å². The first kappa shape index (κ1) is 12.6. The second kappa shape index (κ2) is 5.64. The summed E-state index contributed by atoms with van der Waals surface area (Å²) in [7, 11) is 1.48. The number of aryl methyl sites for hydroxylation is 1. The van der Waals surface area contributed by atoms with Crippen molar-refractivity contribution in [1.29, 1.82) is 0 Å². The van der Waals surface area contributed by atoms with Crippen LogP contribution in [0.4, 0.5) is 11.6 Å². The van der Waals surface area contributed by atoms with Gasteiger partial charge in [-0.05, 0) is 35.7 Å². The molecule has 0 aliphatic carbocycles. The lowest BCUT2D eigenvalue weighted by molar-refractivity contribution is 0.379. The van der Waals surface area contributed by atoms with Crippen LogP contribution < -0.4 is 10.1 Å². The third-order valence-corrected chi connectivity index (χ3v) is 2.53. The number of hydrogen-bond acceptors (Lipinski definition) is 5. The first-order valence-electron chi connectivity index (χ1n) is 5.53. The van der Waals surface area contributed by atoms with E-state index >= 15 is 0 Å². The summed E-state index contributed by atoms with van der Waals surface area (Å²) in [5.74, 6) is 0.361. The summed E-state index contributed by atoms with van der Waals surface area (Å²) in [5.41, 5.74) is 2.13. The van der Waals surface area contributed by atoms with Gasteiger partial charge >= 0.3 is 6.01 Å². The maximum Gasteiger partial charge on any atom is 0.322 e. The van der Waals surface area contributed by atoms with Gasteiger partial charge in [-0.25, -0.2) is 0 Å². The Morgan fingerprint density at radius 3 is 2.83 bits per heavy atom. The fourth-order valence-electron chi connectivity index (χ4n) is 1.48. The molecule has 0 atom stereocenters. The number of nitrogens with zero attached hydrogens (tertiary/aromatic N) is 3. The van der Waals surface area contributed by atoms with Crippen molar-refractivity contribution in [1.82, 2.24) is 15.0 Å². The summed E-state index contributed by atoms with van der Waals surface area (Å²) in [5, 5.41) is 3.16. The van der Waals surface area contributed by atoms with Gasteiger partial charge < -0.3 is 10.1 Å². The van der Waals surface area contributed by atoms with E-state index in [0.717, 1.165) is 12.1 Å². The molecule has 0 amide bonds. The molecule has 0 saturated carbocycles. The number of benzene rings is 1. The smallest absolute Gasteiger partial charge is 0.322 e. The van der Waals surface area contributed by atoms with E-state index in [4.69, 9.17) is 16.3 Å². The Morgan fingerprint density at radius 1 is 1.28 bits per heavy atom. The number of aromatic nitrogens is 3. The summed E-state index contributed by atoms with van der Waals surface area (Å²) < 4.78 is 4.93. The number of ether oxygens (including phenoxy) is 1. The standard InChI is InChI=1S/C12H13ClN4O/c1-3-8-5-4-6-9(7-8)14-11-15-10(13)16-12(17-11)18-2/h4-7H,3H2,1-2H3,(H,14,15,16,17). The molecule has 1 aromatic heterocycles. The van der Waals surface area contributed by atoms with Crippen molar-refractivity contribution in [2.24, 2.45) is 0 Å². The Bertz CT molecular complexity index is 547. The average molecular weight is 265 g/mol. The Labute approximate surface area is 110 Å². The molecule has 2 aromatic rings. The van der Waals surface area contributed by atoms with E-state index in [1.807, 2.05) is 18.2 Å². The van der Waals surface area contributed by atoms with Gasteiger partial charge in [0, 0.05) is 5.69 Å². The van der Waals surface area contributed by atoms with Crippen LogP contribution in [-0.4, -0.2) is 22.1 Å². The lowest BCUT2D eigenvalue weighted by atomic mass is 10.1. The topological polar surface area (TPSA) is 59.9 Å². The number of anilines is 2. The minimum atomic E-state index is 0.0935. The van der Waals surface area contributed by atoms with Crippen molar-refractivity contribution in [2.75, 3.05) is 12.4 Å². The first-order valence-corrected chi connectivity index (χ1v) is 5.90. The molecule has 0 spiro atoms. The highest BCUT2D eigenvalue weighted by molar-refractivity contribution is 6.28. The summed E-state index contributed by atoms with van der Waals surface area (Å²) in [4.78, 5) is 11.9. The molecule has 0 aliphatic rings. The lowest BCUT2D eigenvalue weighted by Crippen LogP contribution is -2.01. The average Bonchev–Trinajstić information content (AvgIpc) is 2.38. The van der Waals surface area contributed by atoms with Gasteiger partial charge in [-0.3, -0.25) is 0 Å². The minimum absolute atomic E-state index is 0.0935. The zero-order valence-electron chi connectivity index (χ0n) is 10.1. The predicted octanol–water partition coefficient (Wildman–Crippen LogP) is 2.84. The Hall–Kier alpha value is -1.88. The third kappa shape index (κ3) is 3.07. The molecular weight excluding hydrogens is 252 g/mol. The second-order valence-electron chi connectivity index (χ2n) is 3.59. The second-order valence-corrected chi connectivity index (χ2v) is 3.93. The predicted molar refractivity (Wildman–Crippen MR) is 70.5 cm³/mol. The molecular formula is C12H13ClN4O. The number of halogens is 1. The largest absolute Gasteiger partial charge is 0.467 e. The van der Waals surface area contributed by atoms with Crippen LogP contribution in [0.3, 0.4) is 0 Å².